The van der Waals surface area contributed by atoms with Crippen molar-refractivity contribution in [2.45, 2.75) is 36.6 Å². The van der Waals surface area contributed by atoms with Gasteiger partial charge in [0, 0.05) is 42.6 Å². The van der Waals surface area contributed by atoms with Crippen LogP contribution in [0.3, 0.4) is 0 Å². The molecule has 1 N–H and O–H groups in total. The van der Waals surface area contributed by atoms with Crippen molar-refractivity contribution < 1.29 is 27.4 Å². The van der Waals surface area contributed by atoms with Crippen LogP contribution in [-0.2, 0) is 22.2 Å². The maximum Gasteiger partial charge on any atom is 0.416 e. The van der Waals surface area contributed by atoms with Crippen LogP contribution in [0.1, 0.15) is 34.3 Å². The van der Waals surface area contributed by atoms with Gasteiger partial charge in [0.15, 0.2) is 0 Å². The number of nitrogens with zero attached hydrogens (tertiary/aromatic N) is 1. The van der Waals surface area contributed by atoms with Crippen LogP contribution in [0.15, 0.2) is 47.4 Å². The Hall–Kier alpha value is -2.23. The Bertz CT molecular complexity index is 958. The Kier molecular flexibility index (Phi) is 7.82. The zero-order chi connectivity index (χ0) is 23.3. The lowest BCUT2D eigenvalue weighted by Crippen LogP contribution is -2.36. The Morgan fingerprint density at radius 2 is 1.91 bits per heavy atom. The summed E-state index contributed by atoms with van der Waals surface area (Å²) in [4.78, 5) is 15.5. The molecule has 2 aromatic carbocycles. The standard InChI is InChI=1S/C24H27F3N2O3S/c25-24(26,27)21-14-18(29-9-12-31-13-10-29)8-7-17(21)15-28-23(30)20-5-1-2-6-22(20)33-16-19-4-3-11-32-19/h1-2,5-8,14,19H,3-4,9-13,15-16H2,(H,28,30). The average molecular weight is 481 g/mol. The van der Waals surface area contributed by atoms with Gasteiger partial charge in [-0.1, -0.05) is 18.2 Å². The van der Waals surface area contributed by atoms with E-state index in [0.717, 1.165) is 36.2 Å². The van der Waals surface area contributed by atoms with Crippen molar-refractivity contribution in [3.8, 4) is 0 Å². The van der Waals surface area contributed by atoms with Gasteiger partial charge >= 0.3 is 6.18 Å². The van der Waals surface area contributed by atoms with Crippen LogP contribution >= 0.6 is 11.8 Å². The van der Waals surface area contributed by atoms with Gasteiger partial charge in [0.25, 0.3) is 5.91 Å². The van der Waals surface area contributed by atoms with Gasteiger partial charge in [-0.05, 0) is 42.7 Å². The number of amides is 1. The zero-order valence-electron chi connectivity index (χ0n) is 18.2. The SMILES string of the molecule is O=C(NCc1ccc(N2CCOCC2)cc1C(F)(F)F)c1ccccc1SCC1CCCO1. The minimum atomic E-state index is -4.52. The molecule has 2 heterocycles. The number of alkyl halides is 3. The lowest BCUT2D eigenvalue weighted by molar-refractivity contribution is -0.138. The summed E-state index contributed by atoms with van der Waals surface area (Å²) in [6, 6.07) is 11.4. The summed E-state index contributed by atoms with van der Waals surface area (Å²) in [5.74, 6) is 0.349. The molecule has 0 spiro atoms. The van der Waals surface area contributed by atoms with Gasteiger partial charge in [-0.15, -0.1) is 11.8 Å². The van der Waals surface area contributed by atoms with E-state index in [4.69, 9.17) is 9.47 Å². The van der Waals surface area contributed by atoms with Crippen LogP contribution in [0, 0.1) is 0 Å². The molecular formula is C24H27F3N2O3S. The first-order valence-corrected chi connectivity index (χ1v) is 12.0. The Labute approximate surface area is 195 Å². The van der Waals surface area contributed by atoms with Crippen molar-refractivity contribution >= 4 is 23.4 Å². The highest BCUT2D eigenvalue weighted by Crippen LogP contribution is 2.35. The third-order valence-corrected chi connectivity index (χ3v) is 7.00. The Morgan fingerprint density at radius 3 is 2.64 bits per heavy atom. The minimum Gasteiger partial charge on any atom is -0.378 e. The molecule has 2 aliphatic heterocycles. The number of hydrogen-bond donors (Lipinski definition) is 1. The van der Waals surface area contributed by atoms with Gasteiger partial charge < -0.3 is 19.7 Å². The molecule has 2 fully saturated rings. The monoisotopic (exact) mass is 480 g/mol. The average Bonchev–Trinajstić information content (AvgIpc) is 3.35. The summed E-state index contributed by atoms with van der Waals surface area (Å²) >= 11 is 1.54. The van der Waals surface area contributed by atoms with Crippen LogP contribution in [0.25, 0.3) is 0 Å². The van der Waals surface area contributed by atoms with E-state index in [1.54, 1.807) is 18.2 Å². The number of morpholine rings is 1. The van der Waals surface area contributed by atoms with Crippen LogP contribution in [0.5, 0.6) is 0 Å². The highest BCUT2D eigenvalue weighted by atomic mass is 32.2. The molecule has 0 aliphatic carbocycles. The first-order chi connectivity index (χ1) is 15.9. The number of carbonyl (C=O) groups is 1. The molecule has 1 atom stereocenters. The number of thioether (sulfide) groups is 1. The molecule has 2 aliphatic rings. The Balaban J connectivity index is 1.45. The van der Waals surface area contributed by atoms with Crippen molar-refractivity contribution in [1.29, 1.82) is 0 Å². The molecule has 9 heteroatoms. The van der Waals surface area contributed by atoms with Gasteiger partial charge in [-0.3, -0.25) is 4.79 Å². The summed E-state index contributed by atoms with van der Waals surface area (Å²) in [5, 5.41) is 2.68. The normalized spacial score (nSPS) is 19.0. The Morgan fingerprint density at radius 1 is 1.12 bits per heavy atom. The maximum atomic E-state index is 13.8. The zero-order valence-corrected chi connectivity index (χ0v) is 19.0. The van der Waals surface area contributed by atoms with Crippen LogP contribution < -0.4 is 10.2 Å². The van der Waals surface area contributed by atoms with Gasteiger partial charge in [0.05, 0.1) is 30.4 Å². The molecule has 0 aromatic heterocycles. The van der Waals surface area contributed by atoms with Crippen molar-refractivity contribution in [3.63, 3.8) is 0 Å². The number of ether oxygens (including phenoxy) is 2. The lowest BCUT2D eigenvalue weighted by Gasteiger charge is -2.29. The molecule has 0 radical (unpaired) electrons. The number of hydrogen-bond acceptors (Lipinski definition) is 5. The molecule has 1 amide bonds. The summed E-state index contributed by atoms with van der Waals surface area (Å²) in [6.45, 7) is 2.63. The van der Waals surface area contributed by atoms with E-state index in [9.17, 15) is 18.0 Å². The van der Waals surface area contributed by atoms with E-state index in [2.05, 4.69) is 5.32 Å². The van der Waals surface area contributed by atoms with Crippen molar-refractivity contribution in [2.24, 2.45) is 0 Å². The predicted molar refractivity (Wildman–Crippen MR) is 122 cm³/mol. The van der Waals surface area contributed by atoms with Gasteiger partial charge in [0.2, 0.25) is 0 Å². The van der Waals surface area contributed by atoms with E-state index in [1.807, 2.05) is 17.0 Å². The van der Waals surface area contributed by atoms with Crippen LogP contribution in [0.4, 0.5) is 18.9 Å². The number of rotatable bonds is 7. The second-order valence-electron chi connectivity index (χ2n) is 8.06. The quantitative estimate of drug-likeness (QED) is 0.580. The fraction of sp³-hybridized carbons (Fsp3) is 0.458. The van der Waals surface area contributed by atoms with Crippen molar-refractivity contribution in [2.75, 3.05) is 43.6 Å². The van der Waals surface area contributed by atoms with Gasteiger partial charge in [-0.2, -0.15) is 13.2 Å². The number of benzene rings is 2. The molecule has 0 bridgehead atoms. The second kappa shape index (κ2) is 10.8. The summed E-state index contributed by atoms with van der Waals surface area (Å²) < 4.78 is 52.3. The molecule has 2 aromatic rings. The minimum absolute atomic E-state index is 0.0392. The van der Waals surface area contributed by atoms with Crippen molar-refractivity contribution in [3.05, 3.63) is 59.2 Å². The molecule has 33 heavy (non-hydrogen) atoms. The molecule has 2 saturated heterocycles. The smallest absolute Gasteiger partial charge is 0.378 e. The fourth-order valence-corrected chi connectivity index (χ4v) is 5.13. The summed E-state index contributed by atoms with van der Waals surface area (Å²) in [5.41, 5.74) is 0.278. The number of nitrogens with one attached hydrogen (secondary N) is 1. The molecular weight excluding hydrogens is 453 g/mol. The molecule has 4 rings (SSSR count). The number of carbonyl (C=O) groups excluding carboxylic acids is 1. The largest absolute Gasteiger partial charge is 0.416 e. The number of halogens is 3. The summed E-state index contributed by atoms with van der Waals surface area (Å²) in [7, 11) is 0. The van der Waals surface area contributed by atoms with E-state index < -0.39 is 17.6 Å². The highest BCUT2D eigenvalue weighted by molar-refractivity contribution is 7.99. The molecule has 1 unspecified atom stereocenters. The third-order valence-electron chi connectivity index (χ3n) is 5.79. The van der Waals surface area contributed by atoms with Crippen LogP contribution in [-0.4, -0.2) is 50.7 Å². The van der Waals surface area contributed by atoms with E-state index >= 15 is 0 Å². The fourth-order valence-electron chi connectivity index (χ4n) is 4.01. The first kappa shape index (κ1) is 23.9. The second-order valence-corrected chi connectivity index (χ2v) is 9.13. The first-order valence-electron chi connectivity index (χ1n) is 11.1. The van der Waals surface area contributed by atoms with E-state index in [-0.39, 0.29) is 18.2 Å². The van der Waals surface area contributed by atoms with Crippen molar-refractivity contribution in [1.82, 2.24) is 5.32 Å². The highest BCUT2D eigenvalue weighted by Gasteiger charge is 2.34. The number of anilines is 1. The van der Waals surface area contributed by atoms with Gasteiger partial charge in [-0.25, -0.2) is 0 Å². The van der Waals surface area contributed by atoms with E-state index in [1.165, 1.54) is 17.8 Å². The molecule has 0 saturated carbocycles. The summed E-state index contributed by atoms with van der Waals surface area (Å²) in [6.07, 6.45) is -2.30. The van der Waals surface area contributed by atoms with E-state index in [0.29, 0.717) is 37.6 Å². The predicted octanol–water partition coefficient (Wildman–Crippen LogP) is 4.74. The lowest BCUT2D eigenvalue weighted by atomic mass is 10.0. The maximum absolute atomic E-state index is 13.8. The third kappa shape index (κ3) is 6.22. The van der Waals surface area contributed by atoms with Gasteiger partial charge in [0.1, 0.15) is 0 Å². The topological polar surface area (TPSA) is 50.8 Å². The molecule has 178 valence electrons. The van der Waals surface area contributed by atoms with Crippen LogP contribution in [0.2, 0.25) is 0 Å². The molecule has 5 nitrogen and oxygen atoms in total.